The summed E-state index contributed by atoms with van der Waals surface area (Å²) < 4.78 is 11.5. The van der Waals surface area contributed by atoms with Crippen molar-refractivity contribution >= 4 is 11.3 Å². The van der Waals surface area contributed by atoms with Gasteiger partial charge in [0.15, 0.2) is 11.5 Å². The molecule has 4 heteroatoms. The molecular weight excluding hydrogens is 360 g/mol. The molecule has 0 bridgehead atoms. The maximum absolute atomic E-state index is 5.76. The van der Waals surface area contributed by atoms with Gasteiger partial charge in [0.2, 0.25) is 6.79 Å². The summed E-state index contributed by atoms with van der Waals surface area (Å²) in [6.07, 6.45) is 7.41. The Morgan fingerprint density at radius 3 is 2.31 bits per heavy atom. The van der Waals surface area contributed by atoms with Crippen LogP contribution in [0.15, 0.2) is 18.2 Å². The Bertz CT molecular complexity index is 773. The summed E-state index contributed by atoms with van der Waals surface area (Å²) in [6, 6.07) is 4.47. The van der Waals surface area contributed by atoms with Crippen LogP contribution in [0.1, 0.15) is 65.9 Å². The minimum absolute atomic E-state index is 0.212. The Labute approximate surface area is 176 Å². The Morgan fingerprint density at radius 1 is 0.966 bits per heavy atom. The number of fused-ring (bicyclic) bond motifs is 1. The highest BCUT2D eigenvalue weighted by atomic mass is 16.7. The van der Waals surface area contributed by atoms with Crippen molar-refractivity contribution in [3.8, 4) is 11.5 Å². The molecule has 160 valence electrons. The molecule has 0 radical (unpaired) electrons. The van der Waals surface area contributed by atoms with Crippen LogP contribution in [0.2, 0.25) is 0 Å². The molecule has 0 atom stereocenters. The molecule has 2 heterocycles. The maximum atomic E-state index is 5.76. The van der Waals surface area contributed by atoms with Gasteiger partial charge < -0.3 is 14.4 Å². The highest BCUT2D eigenvalue weighted by Crippen LogP contribution is 2.50. The molecule has 1 aromatic rings. The number of benzene rings is 1. The van der Waals surface area contributed by atoms with E-state index in [1.807, 2.05) is 0 Å². The van der Waals surface area contributed by atoms with E-state index in [4.69, 9.17) is 9.47 Å². The van der Waals surface area contributed by atoms with Gasteiger partial charge >= 0.3 is 0 Å². The molecule has 0 unspecified atom stereocenters. The highest BCUT2D eigenvalue weighted by Gasteiger charge is 2.35. The number of hydrogen-bond acceptors (Lipinski definition) is 4. The third-order valence-corrected chi connectivity index (χ3v) is 6.55. The monoisotopic (exact) mass is 398 g/mol. The van der Waals surface area contributed by atoms with E-state index in [1.165, 1.54) is 42.6 Å². The first kappa shape index (κ1) is 20.6. The molecule has 1 fully saturated rings. The molecule has 4 nitrogen and oxygen atoms in total. The molecule has 2 aliphatic heterocycles. The maximum Gasteiger partial charge on any atom is 0.231 e. The second-order valence-electron chi connectivity index (χ2n) is 10.6. The smallest absolute Gasteiger partial charge is 0.231 e. The Balaban J connectivity index is 1.65. The van der Waals surface area contributed by atoms with Gasteiger partial charge in [-0.3, -0.25) is 4.90 Å². The minimum atomic E-state index is 0.212. The van der Waals surface area contributed by atoms with Gasteiger partial charge in [0.05, 0.1) is 0 Å². The van der Waals surface area contributed by atoms with Gasteiger partial charge in [-0.05, 0) is 48.3 Å². The van der Waals surface area contributed by atoms with Gasteiger partial charge in [0.1, 0.15) is 0 Å². The molecule has 0 N–H and O–H groups in total. The highest BCUT2D eigenvalue weighted by molar-refractivity contribution is 5.81. The lowest BCUT2D eigenvalue weighted by molar-refractivity contribution is 0.174. The van der Waals surface area contributed by atoms with Crippen LogP contribution in [-0.4, -0.2) is 44.4 Å². The predicted octanol–water partition coefficient (Wildman–Crippen LogP) is 5.57. The second kappa shape index (κ2) is 7.86. The van der Waals surface area contributed by atoms with E-state index < -0.39 is 0 Å². The zero-order valence-corrected chi connectivity index (χ0v) is 19.0. The summed E-state index contributed by atoms with van der Waals surface area (Å²) in [4.78, 5) is 5.17. The van der Waals surface area contributed by atoms with Crippen molar-refractivity contribution in [2.75, 3.05) is 44.4 Å². The summed E-state index contributed by atoms with van der Waals surface area (Å²) in [5, 5.41) is 0. The van der Waals surface area contributed by atoms with Crippen LogP contribution in [0.5, 0.6) is 11.5 Å². The van der Waals surface area contributed by atoms with Crippen molar-refractivity contribution < 1.29 is 9.47 Å². The van der Waals surface area contributed by atoms with E-state index in [0.29, 0.717) is 12.2 Å². The first-order chi connectivity index (χ1) is 13.8. The lowest BCUT2D eigenvalue weighted by Crippen LogP contribution is -2.46. The molecule has 1 saturated heterocycles. The molecule has 0 aromatic heterocycles. The van der Waals surface area contributed by atoms with Gasteiger partial charge in [-0.15, -0.1) is 0 Å². The predicted molar refractivity (Wildman–Crippen MR) is 121 cm³/mol. The van der Waals surface area contributed by atoms with E-state index >= 15 is 0 Å². The fourth-order valence-corrected chi connectivity index (χ4v) is 5.60. The van der Waals surface area contributed by atoms with Crippen molar-refractivity contribution in [2.45, 2.75) is 60.3 Å². The normalized spacial score (nSPS) is 23.2. The summed E-state index contributed by atoms with van der Waals surface area (Å²) in [5.74, 6) is 1.79. The second-order valence-corrected chi connectivity index (χ2v) is 10.6. The van der Waals surface area contributed by atoms with E-state index in [-0.39, 0.29) is 5.41 Å². The fraction of sp³-hybridized carbons (Fsp3) is 0.680. The van der Waals surface area contributed by atoms with Crippen LogP contribution in [0.3, 0.4) is 0 Å². The number of anilines is 1. The summed E-state index contributed by atoms with van der Waals surface area (Å²) in [7, 11) is 0. The van der Waals surface area contributed by atoms with Crippen LogP contribution in [0, 0.1) is 10.8 Å². The van der Waals surface area contributed by atoms with Crippen molar-refractivity contribution in [3.63, 3.8) is 0 Å². The molecule has 1 aliphatic carbocycles. The van der Waals surface area contributed by atoms with Crippen LogP contribution in [-0.2, 0) is 0 Å². The number of ether oxygens (including phenoxy) is 2. The van der Waals surface area contributed by atoms with Crippen LogP contribution in [0.25, 0.3) is 5.57 Å². The first-order valence-corrected chi connectivity index (χ1v) is 11.4. The molecule has 4 rings (SSSR count). The van der Waals surface area contributed by atoms with Crippen molar-refractivity contribution in [1.29, 1.82) is 0 Å². The zero-order valence-electron chi connectivity index (χ0n) is 19.0. The van der Waals surface area contributed by atoms with E-state index in [2.05, 4.69) is 62.6 Å². The number of hydrogen-bond donors (Lipinski definition) is 0. The van der Waals surface area contributed by atoms with Crippen molar-refractivity contribution in [1.82, 2.24) is 4.90 Å². The fourth-order valence-electron chi connectivity index (χ4n) is 5.60. The topological polar surface area (TPSA) is 24.9 Å². The first-order valence-electron chi connectivity index (χ1n) is 11.4. The third-order valence-electron chi connectivity index (χ3n) is 6.55. The summed E-state index contributed by atoms with van der Waals surface area (Å²) in [5.41, 5.74) is 4.65. The molecule has 29 heavy (non-hydrogen) atoms. The molecule has 3 aliphatic rings. The average Bonchev–Trinajstić information content (AvgIpc) is 3.11. The van der Waals surface area contributed by atoms with Gasteiger partial charge in [0, 0.05) is 43.5 Å². The average molecular weight is 399 g/mol. The number of unbranched alkanes of at least 4 members (excludes halogenated alkanes) is 1. The summed E-state index contributed by atoms with van der Waals surface area (Å²) >= 11 is 0. The molecular formula is C25H38N2O2. The van der Waals surface area contributed by atoms with Crippen LogP contribution < -0.4 is 14.4 Å². The zero-order chi connectivity index (χ0) is 20.6. The van der Waals surface area contributed by atoms with E-state index in [9.17, 15) is 0 Å². The van der Waals surface area contributed by atoms with E-state index in [0.717, 1.165) is 44.1 Å². The Morgan fingerprint density at radius 2 is 1.66 bits per heavy atom. The van der Waals surface area contributed by atoms with Gasteiger partial charge in [0.25, 0.3) is 0 Å². The Kier molecular flexibility index (Phi) is 5.58. The number of nitrogens with zero attached hydrogens (tertiary/aromatic N) is 2. The molecule has 0 spiro atoms. The number of allylic oxidation sites excluding steroid dienone is 2. The SMILES string of the molecule is CCCCN1CCN(c2cc3c(cc2C2=CC(C)(C)CC(C)(C)C2)OCO3)CC1. The molecule has 0 amide bonds. The summed E-state index contributed by atoms with van der Waals surface area (Å²) in [6.45, 7) is 17.8. The molecule has 0 saturated carbocycles. The minimum Gasteiger partial charge on any atom is -0.454 e. The van der Waals surface area contributed by atoms with Crippen LogP contribution >= 0.6 is 0 Å². The van der Waals surface area contributed by atoms with Crippen molar-refractivity contribution in [3.05, 3.63) is 23.8 Å². The largest absolute Gasteiger partial charge is 0.454 e. The molecule has 1 aromatic carbocycles. The number of rotatable bonds is 5. The Hall–Kier alpha value is -1.68. The van der Waals surface area contributed by atoms with Gasteiger partial charge in [-0.25, -0.2) is 0 Å². The standard InChI is InChI=1S/C25H38N2O2/c1-6-7-8-26-9-11-27(12-10-26)21-14-23-22(28-18-29-23)13-20(21)19-15-24(2,3)17-25(4,5)16-19/h13-15H,6-12,16-18H2,1-5H3. The quantitative estimate of drug-likeness (QED) is 0.648. The number of piperazine rings is 1. The van der Waals surface area contributed by atoms with Gasteiger partial charge in [-0.1, -0.05) is 47.1 Å². The van der Waals surface area contributed by atoms with Gasteiger partial charge in [-0.2, -0.15) is 0 Å². The lowest BCUT2D eigenvalue weighted by atomic mass is 9.65. The van der Waals surface area contributed by atoms with Crippen LogP contribution in [0.4, 0.5) is 5.69 Å². The van der Waals surface area contributed by atoms with Crippen molar-refractivity contribution in [2.24, 2.45) is 10.8 Å². The third kappa shape index (κ3) is 4.58. The lowest BCUT2D eigenvalue weighted by Gasteiger charge is -2.41. The van der Waals surface area contributed by atoms with E-state index in [1.54, 1.807) is 0 Å².